The number of amides is 1. The molecule has 0 bridgehead atoms. The zero-order chi connectivity index (χ0) is 13.5. The predicted octanol–water partition coefficient (Wildman–Crippen LogP) is 2.38. The van der Waals surface area contributed by atoms with Gasteiger partial charge in [0.1, 0.15) is 0 Å². The Labute approximate surface area is 109 Å². The van der Waals surface area contributed by atoms with Gasteiger partial charge in [-0.05, 0) is 18.8 Å². The summed E-state index contributed by atoms with van der Waals surface area (Å²) in [5.74, 6) is 0.819. The molecule has 0 aliphatic carbocycles. The van der Waals surface area contributed by atoms with Gasteiger partial charge in [-0.2, -0.15) is 5.10 Å². The van der Waals surface area contributed by atoms with Gasteiger partial charge in [0.25, 0.3) is 0 Å². The van der Waals surface area contributed by atoms with E-state index in [9.17, 15) is 4.79 Å². The monoisotopic (exact) mass is 252 g/mol. The van der Waals surface area contributed by atoms with Crippen LogP contribution in [0.5, 0.6) is 0 Å². The fourth-order valence-electron chi connectivity index (χ4n) is 1.90. The highest BCUT2D eigenvalue weighted by Crippen LogP contribution is 2.20. The first kappa shape index (κ1) is 14.7. The highest BCUT2D eigenvalue weighted by molar-refractivity contribution is 5.93. The Morgan fingerprint density at radius 1 is 1.44 bits per heavy atom. The van der Waals surface area contributed by atoms with Crippen LogP contribution in [-0.4, -0.2) is 22.1 Å². The fraction of sp³-hybridized carbons (Fsp3) is 0.692. The molecular formula is C13H24N4O. The summed E-state index contributed by atoms with van der Waals surface area (Å²) in [6.45, 7) is 6.30. The molecule has 2 atom stereocenters. The minimum atomic E-state index is -0.455. The van der Waals surface area contributed by atoms with Crippen LogP contribution in [0.2, 0.25) is 0 Å². The van der Waals surface area contributed by atoms with Crippen molar-refractivity contribution in [1.29, 1.82) is 0 Å². The molecular weight excluding hydrogens is 228 g/mol. The van der Waals surface area contributed by atoms with Gasteiger partial charge in [0, 0.05) is 11.8 Å². The van der Waals surface area contributed by atoms with E-state index >= 15 is 0 Å². The van der Waals surface area contributed by atoms with Crippen molar-refractivity contribution in [2.24, 2.45) is 5.73 Å². The number of nitrogens with one attached hydrogen (secondary N) is 2. The molecule has 1 aromatic heterocycles. The van der Waals surface area contributed by atoms with Crippen LogP contribution in [0.25, 0.3) is 0 Å². The summed E-state index contributed by atoms with van der Waals surface area (Å²) in [5.41, 5.74) is 6.79. The largest absolute Gasteiger partial charge is 0.320 e. The number of nitrogens with zero attached hydrogens (tertiary/aromatic N) is 1. The molecule has 1 heterocycles. The molecule has 0 spiro atoms. The van der Waals surface area contributed by atoms with Crippen molar-refractivity contribution >= 4 is 11.7 Å². The Morgan fingerprint density at radius 3 is 2.72 bits per heavy atom. The van der Waals surface area contributed by atoms with Crippen LogP contribution >= 0.6 is 0 Å². The summed E-state index contributed by atoms with van der Waals surface area (Å²) >= 11 is 0. The van der Waals surface area contributed by atoms with Crippen LogP contribution in [0.3, 0.4) is 0 Å². The molecule has 102 valence electrons. The molecule has 0 radical (unpaired) electrons. The van der Waals surface area contributed by atoms with Crippen LogP contribution in [0.1, 0.15) is 58.1 Å². The number of carbonyl (C=O) groups is 1. The summed E-state index contributed by atoms with van der Waals surface area (Å²) in [4.78, 5) is 11.7. The SMILES string of the molecule is CCCC(N)C(=O)Nc1cc(C(C)CCC)[nH]n1. The Kier molecular flexibility index (Phi) is 5.85. The van der Waals surface area contributed by atoms with Crippen molar-refractivity contribution in [2.45, 2.75) is 58.4 Å². The van der Waals surface area contributed by atoms with E-state index < -0.39 is 6.04 Å². The molecule has 1 rings (SSSR count). The zero-order valence-corrected chi connectivity index (χ0v) is 11.5. The van der Waals surface area contributed by atoms with Gasteiger partial charge in [-0.1, -0.05) is 33.6 Å². The summed E-state index contributed by atoms with van der Waals surface area (Å²) in [6, 6.07) is 1.43. The van der Waals surface area contributed by atoms with Crippen molar-refractivity contribution in [3.05, 3.63) is 11.8 Å². The van der Waals surface area contributed by atoms with Gasteiger partial charge in [-0.3, -0.25) is 9.89 Å². The number of hydrogen-bond donors (Lipinski definition) is 3. The number of carbonyl (C=O) groups excluding carboxylic acids is 1. The lowest BCUT2D eigenvalue weighted by Crippen LogP contribution is -2.35. The summed E-state index contributed by atoms with van der Waals surface area (Å²) in [7, 11) is 0. The predicted molar refractivity (Wildman–Crippen MR) is 73.4 cm³/mol. The number of H-pyrrole nitrogens is 1. The number of aromatic amines is 1. The second-order valence-corrected chi connectivity index (χ2v) is 4.78. The minimum Gasteiger partial charge on any atom is -0.320 e. The maximum atomic E-state index is 11.7. The second kappa shape index (κ2) is 7.16. The van der Waals surface area contributed by atoms with Crippen LogP contribution in [0.4, 0.5) is 5.82 Å². The molecule has 0 aromatic carbocycles. The molecule has 0 aliphatic rings. The van der Waals surface area contributed by atoms with E-state index in [4.69, 9.17) is 5.73 Å². The van der Waals surface area contributed by atoms with Crippen molar-refractivity contribution in [3.8, 4) is 0 Å². The van der Waals surface area contributed by atoms with Crippen molar-refractivity contribution < 1.29 is 4.79 Å². The third kappa shape index (κ3) is 4.14. The number of anilines is 1. The topological polar surface area (TPSA) is 83.8 Å². The third-order valence-electron chi connectivity index (χ3n) is 3.04. The average Bonchev–Trinajstić information content (AvgIpc) is 2.78. The maximum absolute atomic E-state index is 11.7. The van der Waals surface area contributed by atoms with Gasteiger partial charge in [0.05, 0.1) is 6.04 Å². The van der Waals surface area contributed by atoms with Gasteiger partial charge in [-0.15, -0.1) is 0 Å². The average molecular weight is 252 g/mol. The van der Waals surface area contributed by atoms with Crippen molar-refractivity contribution in [1.82, 2.24) is 10.2 Å². The maximum Gasteiger partial charge on any atom is 0.242 e. The quantitative estimate of drug-likeness (QED) is 0.696. The number of rotatable bonds is 7. The summed E-state index contributed by atoms with van der Waals surface area (Å²) in [6.07, 6.45) is 3.82. The third-order valence-corrected chi connectivity index (χ3v) is 3.04. The number of hydrogen-bond acceptors (Lipinski definition) is 3. The molecule has 0 fully saturated rings. The van der Waals surface area contributed by atoms with Crippen molar-refractivity contribution in [3.63, 3.8) is 0 Å². The highest BCUT2D eigenvalue weighted by atomic mass is 16.2. The molecule has 5 nitrogen and oxygen atoms in total. The molecule has 1 aromatic rings. The standard InChI is InChI=1S/C13H24N4O/c1-4-6-9(3)11-8-12(17-16-11)15-13(18)10(14)7-5-2/h8-10H,4-7,14H2,1-3H3,(H2,15,16,17,18). The number of aromatic nitrogens is 2. The van der Waals surface area contributed by atoms with Gasteiger partial charge in [0.2, 0.25) is 5.91 Å². The van der Waals surface area contributed by atoms with Crippen LogP contribution < -0.4 is 11.1 Å². The smallest absolute Gasteiger partial charge is 0.242 e. The first-order chi connectivity index (χ1) is 8.58. The van der Waals surface area contributed by atoms with Crippen molar-refractivity contribution in [2.75, 3.05) is 5.32 Å². The first-order valence-corrected chi connectivity index (χ1v) is 6.70. The fourth-order valence-corrected chi connectivity index (χ4v) is 1.90. The van der Waals surface area contributed by atoms with Gasteiger partial charge >= 0.3 is 0 Å². The Hall–Kier alpha value is -1.36. The van der Waals surface area contributed by atoms with Gasteiger partial charge in [-0.25, -0.2) is 0 Å². The molecule has 0 saturated heterocycles. The Morgan fingerprint density at radius 2 is 2.11 bits per heavy atom. The lowest BCUT2D eigenvalue weighted by atomic mass is 10.0. The lowest BCUT2D eigenvalue weighted by Gasteiger charge is -2.08. The van der Waals surface area contributed by atoms with Crippen LogP contribution in [0.15, 0.2) is 6.07 Å². The van der Waals surface area contributed by atoms with E-state index in [2.05, 4.69) is 29.4 Å². The van der Waals surface area contributed by atoms with E-state index in [1.54, 1.807) is 0 Å². The molecule has 18 heavy (non-hydrogen) atoms. The Bertz CT molecular complexity index is 375. The molecule has 0 aliphatic heterocycles. The molecule has 5 heteroatoms. The van der Waals surface area contributed by atoms with E-state index in [-0.39, 0.29) is 5.91 Å². The van der Waals surface area contributed by atoms with E-state index in [1.807, 2.05) is 13.0 Å². The normalized spacial score (nSPS) is 14.2. The Balaban J connectivity index is 2.56. The van der Waals surface area contributed by atoms with Gasteiger partial charge < -0.3 is 11.1 Å². The number of nitrogens with two attached hydrogens (primary N) is 1. The van der Waals surface area contributed by atoms with Gasteiger partial charge in [0.15, 0.2) is 5.82 Å². The first-order valence-electron chi connectivity index (χ1n) is 6.70. The summed E-state index contributed by atoms with van der Waals surface area (Å²) < 4.78 is 0. The second-order valence-electron chi connectivity index (χ2n) is 4.78. The lowest BCUT2D eigenvalue weighted by molar-refractivity contribution is -0.117. The molecule has 4 N–H and O–H groups in total. The highest BCUT2D eigenvalue weighted by Gasteiger charge is 2.15. The molecule has 2 unspecified atom stereocenters. The van der Waals surface area contributed by atoms with Crippen LogP contribution in [0, 0.1) is 0 Å². The van der Waals surface area contributed by atoms with E-state index in [0.29, 0.717) is 18.2 Å². The molecule has 1 amide bonds. The molecule has 0 saturated carbocycles. The summed E-state index contributed by atoms with van der Waals surface area (Å²) in [5, 5.41) is 9.79. The van der Waals surface area contributed by atoms with E-state index in [0.717, 1.165) is 25.0 Å². The minimum absolute atomic E-state index is 0.168. The zero-order valence-electron chi connectivity index (χ0n) is 11.5. The van der Waals surface area contributed by atoms with E-state index in [1.165, 1.54) is 0 Å². The van der Waals surface area contributed by atoms with Crippen LogP contribution in [-0.2, 0) is 4.79 Å².